The Morgan fingerprint density at radius 1 is 0.894 bits per heavy atom. The smallest absolute Gasteiger partial charge is 0.337 e. The fourth-order valence-corrected chi connectivity index (χ4v) is 5.59. The van der Waals surface area contributed by atoms with Crippen molar-refractivity contribution < 1.29 is 19.1 Å². The van der Waals surface area contributed by atoms with Crippen LogP contribution in [0, 0.1) is 5.92 Å². The number of anilines is 1. The van der Waals surface area contributed by atoms with Gasteiger partial charge >= 0.3 is 5.97 Å². The summed E-state index contributed by atoms with van der Waals surface area (Å²) in [6.07, 6.45) is 6.36. The van der Waals surface area contributed by atoms with Crippen molar-refractivity contribution in [2.24, 2.45) is 5.92 Å². The first-order chi connectivity index (χ1) is 22.6. The number of carbonyl (C=O) groups excluding carboxylic acids is 2. The molecule has 5 rings (SSSR count). The van der Waals surface area contributed by atoms with Gasteiger partial charge in [0, 0.05) is 29.7 Å². The lowest BCUT2D eigenvalue weighted by atomic mass is 10.0. The third kappa shape index (κ3) is 8.50. The number of methoxy groups -OCH3 is 2. The lowest BCUT2D eigenvalue weighted by Crippen LogP contribution is -2.14. The summed E-state index contributed by atoms with van der Waals surface area (Å²) in [6.45, 7) is 4.54. The molecule has 0 unspecified atom stereocenters. The van der Waals surface area contributed by atoms with Gasteiger partial charge in [0.05, 0.1) is 36.2 Å². The van der Waals surface area contributed by atoms with Crippen LogP contribution in [0.5, 0.6) is 5.75 Å². The van der Waals surface area contributed by atoms with Crippen LogP contribution in [0.15, 0.2) is 91.1 Å². The van der Waals surface area contributed by atoms with Gasteiger partial charge in [-0.2, -0.15) is 0 Å². The number of nitrogens with zero attached hydrogens (tertiary/aromatic N) is 2. The summed E-state index contributed by atoms with van der Waals surface area (Å²) in [4.78, 5) is 29.1. The highest BCUT2D eigenvalue weighted by Crippen LogP contribution is 2.32. The molecule has 0 saturated heterocycles. The molecule has 0 atom stereocenters. The van der Waals surface area contributed by atoms with E-state index in [2.05, 4.69) is 5.32 Å². The Hall–Kier alpha value is -4.85. The second-order valence-corrected chi connectivity index (χ2v) is 12.3. The normalized spacial score (nSPS) is 11.2. The van der Waals surface area contributed by atoms with Crippen LogP contribution in [0.4, 0.5) is 5.69 Å². The molecule has 0 bridgehead atoms. The van der Waals surface area contributed by atoms with Crippen LogP contribution >= 0.6 is 23.2 Å². The zero-order valence-corrected chi connectivity index (χ0v) is 28.1. The molecular formula is C38H35Cl2N3O4. The Morgan fingerprint density at radius 3 is 2.28 bits per heavy atom. The number of aromatic nitrogens is 2. The highest BCUT2D eigenvalue weighted by molar-refractivity contribution is 6.36. The molecule has 4 aromatic carbocycles. The minimum atomic E-state index is -0.379. The number of esters is 1. The van der Waals surface area contributed by atoms with Gasteiger partial charge in [-0.1, -0.05) is 85.6 Å². The van der Waals surface area contributed by atoms with Crippen LogP contribution in [0.25, 0.3) is 34.5 Å². The van der Waals surface area contributed by atoms with E-state index >= 15 is 0 Å². The molecule has 1 N–H and O–H groups in total. The minimum absolute atomic E-state index is 0.0392. The van der Waals surface area contributed by atoms with E-state index < -0.39 is 0 Å². The fourth-order valence-electron chi connectivity index (χ4n) is 5.08. The summed E-state index contributed by atoms with van der Waals surface area (Å²) >= 11 is 12.7. The molecule has 7 nitrogen and oxygen atoms in total. The molecule has 1 heterocycles. The second kappa shape index (κ2) is 15.2. The summed E-state index contributed by atoms with van der Waals surface area (Å²) in [5.41, 5.74) is 6.58. The summed E-state index contributed by atoms with van der Waals surface area (Å²) in [5.74, 6) is 1.18. The molecular weight excluding hydrogens is 633 g/mol. The van der Waals surface area contributed by atoms with Gasteiger partial charge in [-0.15, -0.1) is 0 Å². The number of nitrogens with one attached hydrogen (secondary N) is 1. The van der Waals surface area contributed by atoms with E-state index in [0.29, 0.717) is 45.7 Å². The van der Waals surface area contributed by atoms with Crippen LogP contribution < -0.4 is 10.1 Å². The van der Waals surface area contributed by atoms with Crippen molar-refractivity contribution in [2.75, 3.05) is 19.5 Å². The van der Waals surface area contributed by atoms with Gasteiger partial charge in [-0.25, -0.2) is 9.78 Å². The topological polar surface area (TPSA) is 82.5 Å². The summed E-state index contributed by atoms with van der Waals surface area (Å²) in [5, 5.41) is 4.01. The molecule has 0 aliphatic heterocycles. The Balaban J connectivity index is 1.39. The molecule has 47 heavy (non-hydrogen) atoms. The second-order valence-electron chi connectivity index (χ2n) is 11.4. The Kier molecular flexibility index (Phi) is 10.8. The van der Waals surface area contributed by atoms with E-state index in [0.717, 1.165) is 33.6 Å². The number of amides is 1. The molecule has 0 aliphatic carbocycles. The van der Waals surface area contributed by atoms with Crippen molar-refractivity contribution in [2.45, 2.75) is 26.8 Å². The van der Waals surface area contributed by atoms with Gasteiger partial charge in [-0.3, -0.25) is 4.79 Å². The van der Waals surface area contributed by atoms with E-state index in [4.69, 9.17) is 37.7 Å². The number of ether oxygens (including phenoxy) is 2. The average molecular weight is 669 g/mol. The van der Waals surface area contributed by atoms with Crippen LogP contribution in [0.1, 0.15) is 47.6 Å². The molecule has 0 aliphatic rings. The van der Waals surface area contributed by atoms with Crippen molar-refractivity contribution >= 4 is 52.9 Å². The molecule has 0 fully saturated rings. The van der Waals surface area contributed by atoms with Crippen molar-refractivity contribution in [1.29, 1.82) is 0 Å². The zero-order valence-electron chi connectivity index (χ0n) is 26.6. The first-order valence-corrected chi connectivity index (χ1v) is 15.9. The monoisotopic (exact) mass is 667 g/mol. The van der Waals surface area contributed by atoms with Crippen LogP contribution in [0.3, 0.4) is 0 Å². The van der Waals surface area contributed by atoms with Gasteiger partial charge in [0.25, 0.3) is 0 Å². The van der Waals surface area contributed by atoms with Crippen molar-refractivity contribution in [3.63, 3.8) is 0 Å². The lowest BCUT2D eigenvalue weighted by molar-refractivity contribution is -0.116. The number of carbonyl (C=O) groups is 2. The quantitative estimate of drug-likeness (QED) is 0.142. The SMILES string of the molecule is COC(=O)c1ccc(Cn2cc(-c3ccc(Cl)cc3Cl)nc2C=Cc2ccc(-c3ccc(NC(=O)CC(C)C)c(OC)c3)cc2)cc1. The molecule has 1 amide bonds. The summed E-state index contributed by atoms with van der Waals surface area (Å²) < 4.78 is 12.4. The summed E-state index contributed by atoms with van der Waals surface area (Å²) in [7, 11) is 2.96. The van der Waals surface area contributed by atoms with Crippen LogP contribution in [-0.2, 0) is 16.1 Å². The first-order valence-electron chi connectivity index (χ1n) is 15.1. The highest BCUT2D eigenvalue weighted by atomic mass is 35.5. The maximum absolute atomic E-state index is 12.3. The zero-order chi connectivity index (χ0) is 33.5. The van der Waals surface area contributed by atoms with Crippen LogP contribution in [0.2, 0.25) is 10.0 Å². The van der Waals surface area contributed by atoms with Crippen LogP contribution in [-0.4, -0.2) is 35.6 Å². The lowest BCUT2D eigenvalue weighted by Gasteiger charge is -2.13. The largest absolute Gasteiger partial charge is 0.495 e. The van der Waals surface area contributed by atoms with E-state index in [1.165, 1.54) is 7.11 Å². The van der Waals surface area contributed by atoms with Gasteiger partial charge < -0.3 is 19.4 Å². The van der Waals surface area contributed by atoms with Crippen molar-refractivity contribution in [3.05, 3.63) is 124 Å². The summed E-state index contributed by atoms with van der Waals surface area (Å²) in [6, 6.07) is 26.5. The maximum atomic E-state index is 12.3. The van der Waals surface area contributed by atoms with E-state index in [1.54, 1.807) is 31.4 Å². The number of hydrogen-bond acceptors (Lipinski definition) is 5. The highest BCUT2D eigenvalue weighted by Gasteiger charge is 2.14. The van der Waals surface area contributed by atoms with E-state index in [1.807, 2.05) is 97.4 Å². The fraction of sp³-hybridized carbons (Fsp3) is 0.184. The predicted molar refractivity (Wildman–Crippen MR) is 190 cm³/mol. The first kappa shape index (κ1) is 33.5. The molecule has 0 radical (unpaired) electrons. The van der Waals surface area contributed by atoms with Crippen molar-refractivity contribution in [1.82, 2.24) is 9.55 Å². The average Bonchev–Trinajstić information content (AvgIpc) is 3.45. The van der Waals surface area contributed by atoms with E-state index in [-0.39, 0.29) is 17.8 Å². The van der Waals surface area contributed by atoms with Gasteiger partial charge in [0.2, 0.25) is 5.91 Å². The number of imidazole rings is 1. The third-order valence-corrected chi connectivity index (χ3v) is 8.03. The molecule has 5 aromatic rings. The Labute approximate surface area is 284 Å². The molecule has 0 spiro atoms. The predicted octanol–water partition coefficient (Wildman–Crippen LogP) is 9.52. The minimum Gasteiger partial charge on any atom is -0.495 e. The number of rotatable bonds is 11. The Bertz CT molecular complexity index is 1910. The number of hydrogen-bond donors (Lipinski definition) is 1. The van der Waals surface area contributed by atoms with Crippen molar-refractivity contribution in [3.8, 4) is 28.1 Å². The Morgan fingerprint density at radius 2 is 1.62 bits per heavy atom. The standard InChI is InChI=1S/C38H35Cl2N3O4/c1-24(2)19-37(44)42-33-17-14-29(20-35(33)46-3)27-10-5-25(6-11-27)9-18-36-41-34(31-16-15-30(39)21-32(31)40)23-43(36)22-26-7-12-28(13-8-26)38(45)47-4/h5-18,20-21,23-24H,19,22H2,1-4H3,(H,42,44). The van der Waals surface area contributed by atoms with Gasteiger partial charge in [0.15, 0.2) is 0 Å². The van der Waals surface area contributed by atoms with Gasteiger partial charge in [0.1, 0.15) is 11.6 Å². The molecule has 1 aromatic heterocycles. The van der Waals surface area contributed by atoms with Gasteiger partial charge in [-0.05, 0) is 76.7 Å². The number of halogens is 2. The third-order valence-electron chi connectivity index (χ3n) is 7.48. The number of benzene rings is 4. The van der Waals surface area contributed by atoms with E-state index in [9.17, 15) is 9.59 Å². The molecule has 240 valence electrons. The molecule has 9 heteroatoms. The maximum Gasteiger partial charge on any atom is 0.337 e. The molecule has 0 saturated carbocycles.